The summed E-state index contributed by atoms with van der Waals surface area (Å²) in [7, 11) is 0. The Morgan fingerprint density at radius 1 is 1.07 bits per heavy atom. The van der Waals surface area contributed by atoms with Gasteiger partial charge in [-0.25, -0.2) is 0 Å². The number of hydrogen-bond acceptors (Lipinski definition) is 1. The van der Waals surface area contributed by atoms with E-state index in [1.54, 1.807) is 0 Å². The zero-order valence-electron chi connectivity index (χ0n) is 9.76. The number of ether oxygens (including phenoxy) is 1. The summed E-state index contributed by atoms with van der Waals surface area (Å²) in [5, 5.41) is 0. The van der Waals surface area contributed by atoms with Gasteiger partial charge < -0.3 is 4.74 Å². The first-order valence-electron chi connectivity index (χ1n) is 6.51. The molecule has 0 aromatic rings. The van der Waals surface area contributed by atoms with E-state index >= 15 is 0 Å². The topological polar surface area (TPSA) is 9.23 Å². The van der Waals surface area contributed by atoms with E-state index in [2.05, 4.69) is 6.92 Å². The monoisotopic (exact) mass is 198 g/mol. The number of hydrogen-bond donors (Lipinski definition) is 0. The number of unbranched alkanes of at least 4 members (excludes halogenated alkanes) is 5. The molecule has 1 saturated heterocycles. The van der Waals surface area contributed by atoms with Gasteiger partial charge in [0, 0.05) is 13.2 Å². The van der Waals surface area contributed by atoms with Gasteiger partial charge in [0.15, 0.2) is 0 Å². The van der Waals surface area contributed by atoms with Gasteiger partial charge in [0.1, 0.15) is 0 Å². The molecule has 1 heterocycles. The molecule has 0 N–H and O–H groups in total. The van der Waals surface area contributed by atoms with Gasteiger partial charge in [0.25, 0.3) is 0 Å². The lowest BCUT2D eigenvalue weighted by Gasteiger charge is -2.21. The Bertz CT molecular complexity index is 116. The van der Waals surface area contributed by atoms with Crippen LogP contribution in [0.3, 0.4) is 0 Å². The zero-order chi connectivity index (χ0) is 10.1. The van der Waals surface area contributed by atoms with Crippen LogP contribution in [0.5, 0.6) is 0 Å². The molecule has 1 aliphatic rings. The van der Waals surface area contributed by atoms with Crippen LogP contribution in [0.15, 0.2) is 0 Å². The van der Waals surface area contributed by atoms with Crippen molar-refractivity contribution < 1.29 is 4.74 Å². The summed E-state index contributed by atoms with van der Waals surface area (Å²) in [6, 6.07) is 0. The highest BCUT2D eigenvalue weighted by Gasteiger charge is 2.12. The highest BCUT2D eigenvalue weighted by Crippen LogP contribution is 2.20. The second-order valence-electron chi connectivity index (χ2n) is 4.64. The molecule has 1 unspecified atom stereocenters. The first-order chi connectivity index (χ1) is 6.93. The minimum Gasteiger partial charge on any atom is -0.381 e. The van der Waals surface area contributed by atoms with E-state index in [0.717, 1.165) is 19.1 Å². The third-order valence-corrected chi connectivity index (χ3v) is 3.22. The van der Waals surface area contributed by atoms with Crippen LogP contribution in [0.1, 0.15) is 64.7 Å². The highest BCUT2D eigenvalue weighted by atomic mass is 16.5. The SMILES string of the molecule is CCCCCCCCC1CCCOC1. The average molecular weight is 198 g/mol. The normalized spacial score (nSPS) is 22.5. The van der Waals surface area contributed by atoms with Crippen LogP contribution < -0.4 is 0 Å². The van der Waals surface area contributed by atoms with Crippen LogP contribution in [0.4, 0.5) is 0 Å². The molecule has 0 radical (unpaired) electrons. The molecule has 0 aromatic heterocycles. The van der Waals surface area contributed by atoms with Gasteiger partial charge in [0.2, 0.25) is 0 Å². The Morgan fingerprint density at radius 3 is 2.57 bits per heavy atom. The maximum absolute atomic E-state index is 5.48. The Labute approximate surface area is 89.2 Å². The van der Waals surface area contributed by atoms with Crippen molar-refractivity contribution in [2.45, 2.75) is 64.7 Å². The molecule has 0 bridgehead atoms. The summed E-state index contributed by atoms with van der Waals surface area (Å²) in [6.45, 7) is 4.32. The van der Waals surface area contributed by atoms with Gasteiger partial charge in [0.05, 0.1) is 0 Å². The molecular formula is C13H26O. The van der Waals surface area contributed by atoms with E-state index in [0.29, 0.717) is 0 Å². The Hall–Kier alpha value is -0.0400. The molecule has 1 rings (SSSR count). The first-order valence-corrected chi connectivity index (χ1v) is 6.51. The molecule has 0 spiro atoms. The molecule has 0 aliphatic carbocycles. The largest absolute Gasteiger partial charge is 0.381 e. The fraction of sp³-hybridized carbons (Fsp3) is 1.00. The van der Waals surface area contributed by atoms with Crippen molar-refractivity contribution in [1.82, 2.24) is 0 Å². The van der Waals surface area contributed by atoms with Crippen LogP contribution in [0.2, 0.25) is 0 Å². The van der Waals surface area contributed by atoms with Gasteiger partial charge in [-0.1, -0.05) is 45.4 Å². The van der Waals surface area contributed by atoms with Gasteiger partial charge in [-0.2, -0.15) is 0 Å². The Balaban J connectivity index is 1.82. The highest BCUT2D eigenvalue weighted by molar-refractivity contribution is 4.63. The van der Waals surface area contributed by atoms with Gasteiger partial charge >= 0.3 is 0 Å². The lowest BCUT2D eigenvalue weighted by Crippen LogP contribution is -2.16. The quantitative estimate of drug-likeness (QED) is 0.558. The standard InChI is InChI=1S/C13H26O/c1-2-3-4-5-6-7-9-13-10-8-11-14-12-13/h13H,2-12H2,1H3. The second-order valence-corrected chi connectivity index (χ2v) is 4.64. The van der Waals surface area contributed by atoms with E-state index < -0.39 is 0 Å². The predicted molar refractivity (Wildman–Crippen MR) is 61.5 cm³/mol. The molecule has 0 aromatic carbocycles. The summed E-state index contributed by atoms with van der Waals surface area (Å²) in [5.41, 5.74) is 0. The minimum absolute atomic E-state index is 0.884. The van der Waals surface area contributed by atoms with Crippen molar-refractivity contribution in [3.63, 3.8) is 0 Å². The number of rotatable bonds is 7. The Kier molecular flexibility index (Phi) is 7.12. The summed E-state index contributed by atoms with van der Waals surface area (Å²) < 4.78 is 5.48. The van der Waals surface area contributed by atoms with Crippen molar-refractivity contribution in [2.24, 2.45) is 5.92 Å². The maximum atomic E-state index is 5.48. The predicted octanol–water partition coefficient (Wildman–Crippen LogP) is 4.16. The first kappa shape index (κ1) is 12.0. The molecule has 84 valence electrons. The van der Waals surface area contributed by atoms with Crippen molar-refractivity contribution in [3.8, 4) is 0 Å². The third kappa shape index (κ3) is 5.64. The Morgan fingerprint density at radius 2 is 1.86 bits per heavy atom. The van der Waals surface area contributed by atoms with Crippen LogP contribution >= 0.6 is 0 Å². The molecule has 0 saturated carbocycles. The van der Waals surface area contributed by atoms with Crippen LogP contribution in [0, 0.1) is 5.92 Å². The third-order valence-electron chi connectivity index (χ3n) is 3.22. The van der Waals surface area contributed by atoms with Crippen LogP contribution in [-0.2, 0) is 4.74 Å². The summed E-state index contributed by atoms with van der Waals surface area (Å²) in [4.78, 5) is 0. The second kappa shape index (κ2) is 8.28. The average Bonchev–Trinajstić information content (AvgIpc) is 2.25. The van der Waals surface area contributed by atoms with Crippen molar-refractivity contribution >= 4 is 0 Å². The molecule has 1 nitrogen and oxygen atoms in total. The lowest BCUT2D eigenvalue weighted by molar-refractivity contribution is 0.0507. The van der Waals surface area contributed by atoms with Crippen LogP contribution in [0.25, 0.3) is 0 Å². The molecule has 1 heteroatoms. The molecule has 1 atom stereocenters. The van der Waals surface area contributed by atoms with Gasteiger partial charge in [-0.05, 0) is 25.2 Å². The van der Waals surface area contributed by atoms with Gasteiger partial charge in [-0.15, -0.1) is 0 Å². The van der Waals surface area contributed by atoms with Crippen LogP contribution in [-0.4, -0.2) is 13.2 Å². The minimum atomic E-state index is 0.884. The van der Waals surface area contributed by atoms with Gasteiger partial charge in [-0.3, -0.25) is 0 Å². The van der Waals surface area contributed by atoms with Crippen molar-refractivity contribution in [2.75, 3.05) is 13.2 Å². The fourth-order valence-electron chi connectivity index (χ4n) is 2.25. The summed E-state index contributed by atoms with van der Waals surface area (Å²) >= 11 is 0. The van der Waals surface area contributed by atoms with E-state index in [4.69, 9.17) is 4.74 Å². The van der Waals surface area contributed by atoms with E-state index in [9.17, 15) is 0 Å². The summed E-state index contributed by atoms with van der Waals surface area (Å²) in [6.07, 6.45) is 12.7. The molecule has 1 fully saturated rings. The van der Waals surface area contributed by atoms with Crippen molar-refractivity contribution in [3.05, 3.63) is 0 Å². The summed E-state index contributed by atoms with van der Waals surface area (Å²) in [5.74, 6) is 0.884. The molecule has 0 amide bonds. The molecular weight excluding hydrogens is 172 g/mol. The van der Waals surface area contributed by atoms with Crippen molar-refractivity contribution in [1.29, 1.82) is 0 Å². The zero-order valence-corrected chi connectivity index (χ0v) is 9.76. The maximum Gasteiger partial charge on any atom is 0.0494 e. The van der Waals surface area contributed by atoms with E-state index in [-0.39, 0.29) is 0 Å². The molecule has 14 heavy (non-hydrogen) atoms. The fourth-order valence-corrected chi connectivity index (χ4v) is 2.25. The lowest BCUT2D eigenvalue weighted by atomic mass is 9.95. The molecule has 1 aliphatic heterocycles. The van der Waals surface area contributed by atoms with E-state index in [1.807, 2.05) is 0 Å². The van der Waals surface area contributed by atoms with E-state index in [1.165, 1.54) is 57.8 Å². The smallest absolute Gasteiger partial charge is 0.0494 e.